The lowest BCUT2D eigenvalue weighted by molar-refractivity contribution is -0.152. The van der Waals surface area contributed by atoms with E-state index in [2.05, 4.69) is 5.92 Å². The Morgan fingerprint density at radius 1 is 1.71 bits per heavy atom. The van der Waals surface area contributed by atoms with Crippen LogP contribution in [-0.4, -0.2) is 30.2 Å². The molecule has 0 aromatic carbocycles. The molecule has 1 aliphatic heterocycles. The number of hydrogen-bond donors (Lipinski definition) is 0. The van der Waals surface area contributed by atoms with E-state index in [1.54, 1.807) is 4.90 Å². The van der Waals surface area contributed by atoms with Gasteiger partial charge < -0.3 is 9.64 Å². The van der Waals surface area contributed by atoms with Gasteiger partial charge in [-0.2, -0.15) is 0 Å². The zero-order valence-electron chi connectivity index (χ0n) is 8.66. The summed E-state index contributed by atoms with van der Waals surface area (Å²) < 4.78 is 5.50. The van der Waals surface area contributed by atoms with E-state index in [1.807, 2.05) is 6.92 Å². The predicted molar refractivity (Wildman–Crippen MR) is 54.4 cm³/mol. The number of piperidine rings is 1. The van der Waals surface area contributed by atoms with Gasteiger partial charge in [-0.3, -0.25) is 4.79 Å². The summed E-state index contributed by atoms with van der Waals surface area (Å²) in [4.78, 5) is 13.3. The van der Waals surface area contributed by atoms with Crippen molar-refractivity contribution in [2.24, 2.45) is 0 Å². The molecule has 3 nitrogen and oxygen atoms in total. The fraction of sp³-hybridized carbons (Fsp3) is 0.727. The van der Waals surface area contributed by atoms with Crippen LogP contribution in [0.25, 0.3) is 0 Å². The highest BCUT2D eigenvalue weighted by molar-refractivity contribution is 5.77. The largest absolute Gasteiger partial charge is 0.359 e. The molecular weight excluding hydrogens is 178 g/mol. The van der Waals surface area contributed by atoms with Crippen molar-refractivity contribution in [3.63, 3.8) is 0 Å². The van der Waals surface area contributed by atoms with Crippen LogP contribution in [0, 0.1) is 12.3 Å². The topological polar surface area (TPSA) is 29.5 Å². The highest BCUT2D eigenvalue weighted by atomic mass is 16.5. The van der Waals surface area contributed by atoms with Crippen LogP contribution in [-0.2, 0) is 9.53 Å². The first-order valence-corrected chi connectivity index (χ1v) is 5.14. The first kappa shape index (κ1) is 11.1. The maximum atomic E-state index is 11.6. The van der Waals surface area contributed by atoms with Gasteiger partial charge in [0.2, 0.25) is 5.91 Å². The van der Waals surface area contributed by atoms with Crippen molar-refractivity contribution >= 4 is 5.91 Å². The summed E-state index contributed by atoms with van der Waals surface area (Å²) in [5.41, 5.74) is 0. The molecule has 1 heterocycles. The molecule has 0 aliphatic carbocycles. The number of likely N-dealkylation sites (tertiary alicyclic amines) is 1. The van der Waals surface area contributed by atoms with Gasteiger partial charge in [-0.15, -0.1) is 12.3 Å². The zero-order chi connectivity index (χ0) is 10.4. The second-order valence-electron chi connectivity index (χ2n) is 3.34. The molecule has 78 valence electrons. The van der Waals surface area contributed by atoms with Gasteiger partial charge in [-0.1, -0.05) is 0 Å². The average molecular weight is 195 g/mol. The number of nitrogens with zero attached hydrogens (tertiary/aromatic N) is 1. The molecule has 0 N–H and O–H groups in total. The molecule has 0 aromatic heterocycles. The first-order valence-electron chi connectivity index (χ1n) is 5.14. The number of amides is 1. The maximum Gasteiger partial charge on any atom is 0.224 e. The molecule has 1 rings (SSSR count). The Morgan fingerprint density at radius 2 is 2.50 bits per heavy atom. The summed E-state index contributed by atoms with van der Waals surface area (Å²) in [6.45, 7) is 3.21. The summed E-state index contributed by atoms with van der Waals surface area (Å²) in [5.74, 6) is 2.72. The third-order valence-electron chi connectivity index (χ3n) is 2.37. The molecular formula is C11H17NO2. The third kappa shape index (κ3) is 2.74. The number of carbonyl (C=O) groups is 1. The molecule has 1 fully saturated rings. The molecule has 1 saturated heterocycles. The van der Waals surface area contributed by atoms with Crippen LogP contribution in [0.4, 0.5) is 0 Å². The van der Waals surface area contributed by atoms with Crippen molar-refractivity contribution in [3.05, 3.63) is 0 Å². The van der Waals surface area contributed by atoms with Gasteiger partial charge in [-0.25, -0.2) is 0 Å². The molecule has 1 unspecified atom stereocenters. The lowest BCUT2D eigenvalue weighted by Crippen LogP contribution is -2.45. The lowest BCUT2D eigenvalue weighted by Gasteiger charge is -2.34. The fourth-order valence-corrected chi connectivity index (χ4v) is 1.71. The van der Waals surface area contributed by atoms with E-state index in [-0.39, 0.29) is 12.1 Å². The lowest BCUT2D eigenvalue weighted by atomic mass is 10.1. The van der Waals surface area contributed by atoms with Crippen molar-refractivity contribution in [2.75, 3.05) is 13.2 Å². The van der Waals surface area contributed by atoms with E-state index in [0.29, 0.717) is 26.0 Å². The Balaban J connectivity index is 2.52. The summed E-state index contributed by atoms with van der Waals surface area (Å²) in [6.07, 6.45) is 8.24. The van der Waals surface area contributed by atoms with Crippen LogP contribution >= 0.6 is 0 Å². The Kier molecular flexibility index (Phi) is 4.48. The summed E-state index contributed by atoms with van der Waals surface area (Å²) in [6, 6.07) is 0. The molecule has 0 bridgehead atoms. The average Bonchev–Trinajstić information content (AvgIpc) is 2.18. The van der Waals surface area contributed by atoms with E-state index < -0.39 is 0 Å². The Hall–Kier alpha value is -1.01. The Morgan fingerprint density at radius 3 is 3.14 bits per heavy atom. The normalized spacial score (nSPS) is 22.1. The third-order valence-corrected chi connectivity index (χ3v) is 2.37. The van der Waals surface area contributed by atoms with Gasteiger partial charge in [0.05, 0.1) is 0 Å². The van der Waals surface area contributed by atoms with Crippen molar-refractivity contribution < 1.29 is 9.53 Å². The molecule has 1 aliphatic rings. The first-order chi connectivity index (χ1) is 6.79. The number of rotatable bonds is 4. The predicted octanol–water partition coefficient (Wildman–Crippen LogP) is 1.38. The molecule has 3 heteroatoms. The summed E-state index contributed by atoms with van der Waals surface area (Å²) in [7, 11) is 0. The van der Waals surface area contributed by atoms with Crippen molar-refractivity contribution in [1.29, 1.82) is 0 Å². The quantitative estimate of drug-likeness (QED) is 0.634. The van der Waals surface area contributed by atoms with Gasteiger partial charge >= 0.3 is 0 Å². The SMILES string of the molecule is C#CCCN1C(=O)CCCC1OCC. The van der Waals surface area contributed by atoms with E-state index in [1.165, 1.54) is 0 Å². The van der Waals surface area contributed by atoms with Crippen LogP contribution in [0.5, 0.6) is 0 Å². The van der Waals surface area contributed by atoms with Gasteiger partial charge in [0.1, 0.15) is 6.23 Å². The highest BCUT2D eigenvalue weighted by Gasteiger charge is 2.27. The summed E-state index contributed by atoms with van der Waals surface area (Å²) >= 11 is 0. The van der Waals surface area contributed by atoms with Crippen molar-refractivity contribution in [1.82, 2.24) is 4.90 Å². The molecule has 0 aromatic rings. The van der Waals surface area contributed by atoms with Crippen LogP contribution < -0.4 is 0 Å². The number of carbonyl (C=O) groups excluding carboxylic acids is 1. The minimum absolute atomic E-state index is 0.0467. The minimum atomic E-state index is -0.0467. The smallest absolute Gasteiger partial charge is 0.224 e. The Bertz CT molecular complexity index is 230. The van der Waals surface area contributed by atoms with E-state index in [9.17, 15) is 4.79 Å². The second kappa shape index (κ2) is 5.66. The van der Waals surface area contributed by atoms with Gasteiger partial charge in [-0.05, 0) is 19.8 Å². The van der Waals surface area contributed by atoms with Crippen LogP contribution in [0.2, 0.25) is 0 Å². The maximum absolute atomic E-state index is 11.6. The zero-order valence-corrected chi connectivity index (χ0v) is 8.66. The minimum Gasteiger partial charge on any atom is -0.359 e. The van der Waals surface area contributed by atoms with Gasteiger partial charge in [0, 0.05) is 26.0 Å². The number of ether oxygens (including phenoxy) is 1. The van der Waals surface area contributed by atoms with E-state index in [4.69, 9.17) is 11.2 Å². The van der Waals surface area contributed by atoms with E-state index >= 15 is 0 Å². The van der Waals surface area contributed by atoms with Gasteiger partial charge in [0.25, 0.3) is 0 Å². The number of terminal acetylenes is 1. The van der Waals surface area contributed by atoms with Crippen molar-refractivity contribution in [2.45, 2.75) is 38.8 Å². The van der Waals surface area contributed by atoms with E-state index in [0.717, 1.165) is 12.8 Å². The molecule has 0 radical (unpaired) electrons. The molecule has 1 atom stereocenters. The van der Waals surface area contributed by atoms with Crippen LogP contribution in [0.15, 0.2) is 0 Å². The monoisotopic (exact) mass is 195 g/mol. The highest BCUT2D eigenvalue weighted by Crippen LogP contribution is 2.19. The molecule has 14 heavy (non-hydrogen) atoms. The van der Waals surface area contributed by atoms with Crippen LogP contribution in [0.1, 0.15) is 32.6 Å². The standard InChI is InChI=1S/C11H17NO2/c1-3-5-9-12-10(13)7-6-8-11(12)14-4-2/h1,11H,4-9H2,2H3. The molecule has 0 saturated carbocycles. The summed E-state index contributed by atoms with van der Waals surface area (Å²) in [5, 5.41) is 0. The second-order valence-corrected chi connectivity index (χ2v) is 3.34. The van der Waals surface area contributed by atoms with Crippen LogP contribution in [0.3, 0.4) is 0 Å². The molecule has 1 amide bonds. The molecule has 0 spiro atoms. The van der Waals surface area contributed by atoms with Gasteiger partial charge in [0.15, 0.2) is 0 Å². The Labute approximate surface area is 85.4 Å². The number of hydrogen-bond acceptors (Lipinski definition) is 2. The fourth-order valence-electron chi connectivity index (χ4n) is 1.71. The van der Waals surface area contributed by atoms with Crippen molar-refractivity contribution in [3.8, 4) is 12.3 Å².